The van der Waals surface area contributed by atoms with Crippen molar-refractivity contribution in [3.05, 3.63) is 16.5 Å². The quantitative estimate of drug-likeness (QED) is 0.782. The molecule has 0 aliphatic heterocycles. The Balaban J connectivity index is 2.99. The maximum Gasteiger partial charge on any atom is 0.271 e. The lowest BCUT2D eigenvalue weighted by Gasteiger charge is -2.20. The smallest absolute Gasteiger partial charge is 0.271 e. The largest absolute Gasteiger partial charge is 0.341 e. The fourth-order valence-corrected chi connectivity index (χ4v) is 4.28. The lowest BCUT2D eigenvalue weighted by Crippen LogP contribution is -2.31. The Morgan fingerprint density at radius 1 is 1.53 bits per heavy atom. The van der Waals surface area contributed by atoms with Gasteiger partial charge in [-0.15, -0.1) is 11.3 Å². The van der Waals surface area contributed by atoms with Crippen LogP contribution in [0, 0.1) is 12.8 Å². The van der Waals surface area contributed by atoms with E-state index in [0.29, 0.717) is 23.6 Å². The number of hydrogen-bond donors (Lipinski definition) is 0. The van der Waals surface area contributed by atoms with Crippen molar-refractivity contribution in [2.75, 3.05) is 13.6 Å². The van der Waals surface area contributed by atoms with E-state index >= 15 is 0 Å². The Morgan fingerprint density at radius 2 is 2.11 bits per heavy atom. The van der Waals surface area contributed by atoms with Gasteiger partial charge < -0.3 is 4.90 Å². The van der Waals surface area contributed by atoms with Crippen LogP contribution in [-0.2, 0) is 9.05 Å². The fraction of sp³-hybridized carbons (Fsp3) is 0.583. The molecule has 0 aliphatic carbocycles. The molecule has 0 aromatic carbocycles. The van der Waals surface area contributed by atoms with Gasteiger partial charge in [0.05, 0.1) is 5.56 Å². The van der Waals surface area contributed by atoms with Crippen LogP contribution in [0.15, 0.2) is 9.59 Å². The molecule has 0 fully saturated rings. The molecule has 7 heteroatoms. The maximum absolute atomic E-state index is 12.3. The predicted molar refractivity (Wildman–Crippen MR) is 78.5 cm³/mol. The molecule has 4 nitrogen and oxygen atoms in total. The number of halogens is 1. The van der Waals surface area contributed by atoms with Gasteiger partial charge in [-0.05, 0) is 18.4 Å². The van der Waals surface area contributed by atoms with Crippen molar-refractivity contribution in [1.82, 2.24) is 4.90 Å². The third-order valence-corrected chi connectivity index (χ3v) is 6.38. The SMILES string of the molecule is CCC(C)CN(C)C(=O)c1csc(S(=O)(=O)Cl)c1C. The topological polar surface area (TPSA) is 54.5 Å². The average molecular weight is 324 g/mol. The summed E-state index contributed by atoms with van der Waals surface area (Å²) in [5.41, 5.74) is 0.844. The number of thiophene rings is 1. The number of nitrogens with zero attached hydrogens (tertiary/aromatic N) is 1. The van der Waals surface area contributed by atoms with E-state index in [1.165, 1.54) is 0 Å². The van der Waals surface area contributed by atoms with Crippen molar-refractivity contribution in [2.24, 2.45) is 5.92 Å². The number of hydrogen-bond acceptors (Lipinski definition) is 4. The molecular formula is C12H18ClNO3S2. The highest BCUT2D eigenvalue weighted by Crippen LogP contribution is 2.30. The van der Waals surface area contributed by atoms with Crippen LogP contribution < -0.4 is 0 Å². The summed E-state index contributed by atoms with van der Waals surface area (Å²) in [5.74, 6) is 0.240. The predicted octanol–water partition coefficient (Wildman–Crippen LogP) is 3.10. The van der Waals surface area contributed by atoms with Gasteiger partial charge in [0.1, 0.15) is 4.21 Å². The summed E-state index contributed by atoms with van der Waals surface area (Å²) >= 11 is 0.986. The van der Waals surface area contributed by atoms with E-state index in [-0.39, 0.29) is 10.1 Å². The highest BCUT2D eigenvalue weighted by atomic mass is 35.7. The normalized spacial score (nSPS) is 13.3. The molecule has 0 saturated heterocycles. The third kappa shape index (κ3) is 3.94. The molecule has 0 bridgehead atoms. The van der Waals surface area contributed by atoms with Crippen LogP contribution in [0.1, 0.15) is 36.2 Å². The van der Waals surface area contributed by atoms with Crippen molar-refractivity contribution in [2.45, 2.75) is 31.4 Å². The molecule has 0 spiro atoms. The van der Waals surface area contributed by atoms with Crippen molar-refractivity contribution in [1.29, 1.82) is 0 Å². The molecule has 1 aromatic heterocycles. The second-order valence-electron chi connectivity index (χ2n) is 4.70. The molecule has 1 atom stereocenters. The van der Waals surface area contributed by atoms with E-state index in [1.807, 2.05) is 0 Å². The summed E-state index contributed by atoms with van der Waals surface area (Å²) in [6.07, 6.45) is 0.988. The summed E-state index contributed by atoms with van der Waals surface area (Å²) in [6.45, 7) is 6.39. The van der Waals surface area contributed by atoms with Crippen LogP contribution in [0.4, 0.5) is 0 Å². The Morgan fingerprint density at radius 3 is 2.53 bits per heavy atom. The zero-order valence-electron chi connectivity index (χ0n) is 11.4. The van der Waals surface area contributed by atoms with Crippen LogP contribution in [-0.4, -0.2) is 32.8 Å². The molecule has 0 saturated carbocycles. The van der Waals surface area contributed by atoms with Crippen LogP contribution in [0.3, 0.4) is 0 Å². The first kappa shape index (κ1) is 16.5. The fourth-order valence-electron chi connectivity index (χ4n) is 1.74. The lowest BCUT2D eigenvalue weighted by atomic mass is 10.1. The molecule has 19 heavy (non-hydrogen) atoms. The average Bonchev–Trinajstić information content (AvgIpc) is 2.69. The number of carbonyl (C=O) groups excluding carboxylic acids is 1. The van der Waals surface area contributed by atoms with Gasteiger partial charge in [-0.1, -0.05) is 20.3 Å². The zero-order valence-corrected chi connectivity index (χ0v) is 13.8. The Kier molecular flexibility index (Phi) is 5.41. The van der Waals surface area contributed by atoms with E-state index in [0.717, 1.165) is 17.8 Å². The Labute approximate surface area is 122 Å². The highest BCUT2D eigenvalue weighted by molar-refractivity contribution is 8.15. The summed E-state index contributed by atoms with van der Waals surface area (Å²) < 4.78 is 22.7. The van der Waals surface area contributed by atoms with E-state index in [2.05, 4.69) is 13.8 Å². The minimum atomic E-state index is -3.78. The minimum absolute atomic E-state index is 0.0504. The molecule has 0 radical (unpaired) electrons. The van der Waals surface area contributed by atoms with E-state index in [1.54, 1.807) is 24.3 Å². The van der Waals surface area contributed by atoms with Gasteiger partial charge in [0.25, 0.3) is 15.0 Å². The molecule has 1 heterocycles. The lowest BCUT2D eigenvalue weighted by molar-refractivity contribution is 0.0774. The number of carbonyl (C=O) groups is 1. The van der Waals surface area contributed by atoms with Crippen LogP contribution in [0.5, 0.6) is 0 Å². The van der Waals surface area contributed by atoms with Gasteiger partial charge in [0.2, 0.25) is 0 Å². The summed E-state index contributed by atoms with van der Waals surface area (Å²) in [6, 6.07) is 0. The first-order chi connectivity index (χ1) is 8.68. The van der Waals surface area contributed by atoms with Crippen LogP contribution in [0.25, 0.3) is 0 Å². The second-order valence-corrected chi connectivity index (χ2v) is 8.34. The Hall–Kier alpha value is -0.590. The summed E-state index contributed by atoms with van der Waals surface area (Å²) in [5, 5.41) is 1.56. The van der Waals surface area contributed by atoms with E-state index in [4.69, 9.17) is 10.7 Å². The first-order valence-corrected chi connectivity index (χ1v) is 9.15. The Bertz CT molecular complexity index is 566. The van der Waals surface area contributed by atoms with Gasteiger partial charge in [-0.3, -0.25) is 4.79 Å². The summed E-state index contributed by atoms with van der Waals surface area (Å²) in [4.78, 5) is 13.9. The summed E-state index contributed by atoms with van der Waals surface area (Å²) in [7, 11) is 3.27. The van der Waals surface area contributed by atoms with Gasteiger partial charge >= 0.3 is 0 Å². The third-order valence-electron chi connectivity index (χ3n) is 3.08. The number of rotatable bonds is 5. The van der Waals surface area contributed by atoms with Crippen molar-refractivity contribution in [3.8, 4) is 0 Å². The van der Waals surface area contributed by atoms with E-state index < -0.39 is 9.05 Å². The first-order valence-electron chi connectivity index (χ1n) is 5.96. The van der Waals surface area contributed by atoms with Crippen molar-refractivity contribution >= 4 is 37.0 Å². The molecule has 0 N–H and O–H groups in total. The van der Waals surface area contributed by atoms with Gasteiger partial charge in [0, 0.05) is 29.7 Å². The molecule has 0 aliphatic rings. The minimum Gasteiger partial charge on any atom is -0.341 e. The molecule has 108 valence electrons. The molecule has 1 unspecified atom stereocenters. The zero-order chi connectivity index (χ0) is 14.8. The van der Waals surface area contributed by atoms with Gasteiger partial charge in [-0.25, -0.2) is 8.42 Å². The van der Waals surface area contributed by atoms with Crippen molar-refractivity contribution < 1.29 is 13.2 Å². The molecular weight excluding hydrogens is 306 g/mol. The number of amides is 1. The second kappa shape index (κ2) is 6.24. The standard InChI is InChI=1S/C12H18ClNO3S2/c1-5-8(2)6-14(4)11(15)10-7-18-12(9(10)3)19(13,16)17/h7-8H,5-6H2,1-4H3. The van der Waals surface area contributed by atoms with Gasteiger partial charge in [-0.2, -0.15) is 0 Å². The highest BCUT2D eigenvalue weighted by Gasteiger charge is 2.24. The van der Waals surface area contributed by atoms with Gasteiger partial charge in [0.15, 0.2) is 0 Å². The molecule has 1 aromatic rings. The van der Waals surface area contributed by atoms with Crippen molar-refractivity contribution in [3.63, 3.8) is 0 Å². The monoisotopic (exact) mass is 323 g/mol. The maximum atomic E-state index is 12.3. The molecule has 1 rings (SSSR count). The molecule has 1 amide bonds. The van der Waals surface area contributed by atoms with Crippen LogP contribution >= 0.6 is 22.0 Å². The van der Waals surface area contributed by atoms with Crippen LogP contribution in [0.2, 0.25) is 0 Å². The van der Waals surface area contributed by atoms with E-state index in [9.17, 15) is 13.2 Å².